The third-order valence-electron chi connectivity index (χ3n) is 6.79. The summed E-state index contributed by atoms with van der Waals surface area (Å²) in [5.41, 5.74) is 4.51. The fourth-order valence-corrected chi connectivity index (χ4v) is 5.62. The van der Waals surface area contributed by atoms with Crippen molar-refractivity contribution in [2.24, 2.45) is 0 Å². The number of unbranched alkanes of at least 4 members (excludes halogenated alkanes) is 3. The van der Waals surface area contributed by atoms with Crippen molar-refractivity contribution >= 4 is 29.3 Å². The van der Waals surface area contributed by atoms with Crippen LogP contribution in [0, 0.1) is 12.1 Å². The fraction of sp³-hybridized carbons (Fsp3) is 0.467. The van der Waals surface area contributed by atoms with Gasteiger partial charge in [0.25, 0.3) is 0 Å². The molecule has 3 unspecified atom stereocenters. The lowest BCUT2D eigenvalue weighted by Crippen LogP contribution is -2.32. The molecule has 0 aliphatic carbocycles. The molecule has 2 aromatic rings. The van der Waals surface area contributed by atoms with Gasteiger partial charge in [-0.05, 0) is 72.2 Å². The van der Waals surface area contributed by atoms with Crippen LogP contribution < -0.4 is 16.1 Å². The summed E-state index contributed by atoms with van der Waals surface area (Å²) in [5.74, 6) is 0.323. The van der Waals surface area contributed by atoms with E-state index in [9.17, 15) is 9.59 Å². The lowest BCUT2D eigenvalue weighted by Gasteiger charge is -2.36. The number of carbonyl (C=O) groups is 2. The Hall–Kier alpha value is -2.87. The molecule has 9 heteroatoms. The summed E-state index contributed by atoms with van der Waals surface area (Å²) >= 11 is 1.80. The number of ether oxygens (including phenoxy) is 2. The normalized spacial score (nSPS) is 20.9. The number of nitrogens with one attached hydrogen (secondary N) is 3. The Labute approximate surface area is 234 Å². The largest absolute Gasteiger partial charge is 0.344 e. The summed E-state index contributed by atoms with van der Waals surface area (Å²) in [5, 5.41) is 14.8. The molecule has 0 bridgehead atoms. The predicted molar refractivity (Wildman–Crippen MR) is 151 cm³/mol. The molecule has 2 heterocycles. The highest BCUT2D eigenvalue weighted by Gasteiger charge is 2.32. The molecule has 0 saturated carbocycles. The van der Waals surface area contributed by atoms with Gasteiger partial charge < -0.3 is 20.1 Å². The minimum absolute atomic E-state index is 0.0281. The van der Waals surface area contributed by atoms with Gasteiger partial charge in [0, 0.05) is 37.2 Å². The SMILES string of the molecule is O=C(CCCCCCC(=O)Nc1ccc(C2CC(c3cc#ccc3)OC(CSC3=CCNCC3)O2)cc1)NO. The van der Waals surface area contributed by atoms with Gasteiger partial charge in [-0.25, -0.2) is 5.48 Å². The van der Waals surface area contributed by atoms with Crippen LogP contribution in [0.25, 0.3) is 0 Å². The minimum Gasteiger partial charge on any atom is -0.344 e. The molecule has 0 radical (unpaired) electrons. The first kappa shape index (κ1) is 29.1. The Morgan fingerprint density at radius 3 is 2.38 bits per heavy atom. The van der Waals surface area contributed by atoms with E-state index in [0.717, 1.165) is 61.3 Å². The molecule has 4 N–H and O–H groups in total. The number of rotatable bonds is 13. The molecule has 3 atom stereocenters. The lowest BCUT2D eigenvalue weighted by molar-refractivity contribution is -0.236. The van der Waals surface area contributed by atoms with Gasteiger partial charge in [-0.15, -0.1) is 11.8 Å². The molecule has 208 valence electrons. The molecule has 2 aromatic carbocycles. The highest BCUT2D eigenvalue weighted by atomic mass is 32.2. The zero-order chi connectivity index (χ0) is 27.3. The maximum Gasteiger partial charge on any atom is 0.243 e. The molecule has 2 aliphatic rings. The number of hydrogen-bond donors (Lipinski definition) is 4. The molecule has 0 aromatic heterocycles. The zero-order valence-corrected chi connectivity index (χ0v) is 22.9. The van der Waals surface area contributed by atoms with Crippen molar-refractivity contribution in [1.29, 1.82) is 0 Å². The Morgan fingerprint density at radius 2 is 1.72 bits per heavy atom. The lowest BCUT2D eigenvalue weighted by atomic mass is 9.97. The van der Waals surface area contributed by atoms with E-state index in [1.54, 1.807) is 17.2 Å². The van der Waals surface area contributed by atoms with E-state index >= 15 is 0 Å². The van der Waals surface area contributed by atoms with Crippen LogP contribution in [-0.2, 0) is 19.1 Å². The fourth-order valence-electron chi connectivity index (χ4n) is 4.66. The molecule has 8 nitrogen and oxygen atoms in total. The van der Waals surface area contributed by atoms with Crippen LogP contribution in [0.5, 0.6) is 0 Å². The van der Waals surface area contributed by atoms with Crippen LogP contribution in [0.15, 0.2) is 53.4 Å². The summed E-state index contributed by atoms with van der Waals surface area (Å²) in [4.78, 5) is 24.8. The predicted octanol–water partition coefficient (Wildman–Crippen LogP) is 5.23. The summed E-state index contributed by atoms with van der Waals surface area (Å²) in [6, 6.07) is 19.7. The Bertz CT molecular complexity index is 1080. The molecule has 39 heavy (non-hydrogen) atoms. The van der Waals surface area contributed by atoms with Crippen LogP contribution in [0.3, 0.4) is 0 Å². The minimum atomic E-state index is -0.376. The third kappa shape index (κ3) is 9.67. The van der Waals surface area contributed by atoms with Crippen molar-refractivity contribution in [3.05, 3.63) is 76.7 Å². The Balaban J connectivity index is 1.29. The van der Waals surface area contributed by atoms with E-state index in [-0.39, 0.29) is 30.3 Å². The van der Waals surface area contributed by atoms with Crippen molar-refractivity contribution in [3.63, 3.8) is 0 Å². The molecular formula is C30H37N3O5S. The average Bonchev–Trinajstić information content (AvgIpc) is 2.99. The average molecular weight is 552 g/mol. The summed E-state index contributed by atoms with van der Waals surface area (Å²) in [7, 11) is 0. The van der Waals surface area contributed by atoms with Gasteiger partial charge in [-0.3, -0.25) is 14.8 Å². The van der Waals surface area contributed by atoms with Gasteiger partial charge in [0.1, 0.15) is 0 Å². The van der Waals surface area contributed by atoms with Crippen molar-refractivity contribution < 1.29 is 24.3 Å². The maximum absolute atomic E-state index is 12.4. The number of thioether (sulfide) groups is 1. The molecule has 4 rings (SSSR count). The monoisotopic (exact) mass is 551 g/mol. The molecule has 1 fully saturated rings. The topological polar surface area (TPSA) is 109 Å². The van der Waals surface area contributed by atoms with Gasteiger partial charge in [-0.1, -0.05) is 43.2 Å². The second kappa shape index (κ2) is 15.7. The van der Waals surface area contributed by atoms with Gasteiger partial charge in [0.05, 0.1) is 12.2 Å². The Morgan fingerprint density at radius 1 is 0.974 bits per heavy atom. The van der Waals surface area contributed by atoms with Crippen molar-refractivity contribution in [1.82, 2.24) is 10.8 Å². The highest BCUT2D eigenvalue weighted by Crippen LogP contribution is 2.40. The number of hydroxylamine groups is 1. The van der Waals surface area contributed by atoms with E-state index in [1.165, 1.54) is 4.91 Å². The quantitative estimate of drug-likeness (QED) is 0.153. The first-order valence-electron chi connectivity index (χ1n) is 13.6. The molecular weight excluding hydrogens is 514 g/mol. The molecule has 0 spiro atoms. The number of amides is 2. The van der Waals surface area contributed by atoms with Crippen LogP contribution in [-0.4, -0.2) is 42.2 Å². The molecule has 2 amide bonds. The van der Waals surface area contributed by atoms with Crippen LogP contribution in [0.2, 0.25) is 0 Å². The number of carbonyl (C=O) groups excluding carboxylic acids is 2. The first-order valence-corrected chi connectivity index (χ1v) is 14.6. The standard InChI is InChI=1S/C30H37N3O5S/c34-28(10-6-1-2-7-11-29(35)33-36)32-24-14-12-23(13-15-24)27-20-26(22-8-4-3-5-9-22)37-30(38-27)21-39-25-16-18-31-19-17-25/h4,8-9,12-16,26-27,30-31,36H,1-2,6-7,10-11,17-21H2,(H,32,34)(H,33,35). The van der Waals surface area contributed by atoms with Crippen LogP contribution in [0.1, 0.15) is 74.7 Å². The van der Waals surface area contributed by atoms with E-state index < -0.39 is 0 Å². The third-order valence-corrected chi connectivity index (χ3v) is 7.97. The summed E-state index contributed by atoms with van der Waals surface area (Å²) in [6.45, 7) is 1.91. The number of anilines is 1. The number of hydrogen-bond acceptors (Lipinski definition) is 7. The zero-order valence-electron chi connectivity index (χ0n) is 22.1. The summed E-state index contributed by atoms with van der Waals surface area (Å²) < 4.78 is 12.8. The van der Waals surface area contributed by atoms with Gasteiger partial charge in [0.2, 0.25) is 11.8 Å². The van der Waals surface area contributed by atoms with Crippen LogP contribution >= 0.6 is 11.8 Å². The maximum atomic E-state index is 12.4. The molecule has 2 aliphatic heterocycles. The van der Waals surface area contributed by atoms with Crippen molar-refractivity contribution in [2.75, 3.05) is 24.2 Å². The van der Waals surface area contributed by atoms with Crippen LogP contribution in [0.4, 0.5) is 5.69 Å². The van der Waals surface area contributed by atoms with Gasteiger partial charge in [0.15, 0.2) is 6.29 Å². The summed E-state index contributed by atoms with van der Waals surface area (Å²) in [6.07, 6.45) is 7.27. The van der Waals surface area contributed by atoms with Gasteiger partial charge >= 0.3 is 0 Å². The van der Waals surface area contributed by atoms with E-state index in [0.29, 0.717) is 25.7 Å². The smallest absolute Gasteiger partial charge is 0.243 e. The molecule has 1 saturated heterocycles. The number of benzene rings is 1. The van der Waals surface area contributed by atoms with E-state index in [4.69, 9.17) is 14.7 Å². The second-order valence-electron chi connectivity index (χ2n) is 9.74. The van der Waals surface area contributed by atoms with Crippen molar-refractivity contribution in [2.45, 2.75) is 69.9 Å². The van der Waals surface area contributed by atoms with Crippen molar-refractivity contribution in [3.8, 4) is 0 Å². The highest BCUT2D eigenvalue weighted by molar-refractivity contribution is 8.03. The van der Waals surface area contributed by atoms with E-state index in [2.05, 4.69) is 28.8 Å². The second-order valence-corrected chi connectivity index (χ2v) is 10.9. The van der Waals surface area contributed by atoms with Gasteiger partial charge in [-0.2, -0.15) is 0 Å². The first-order chi connectivity index (χ1) is 19.1. The Kier molecular flexibility index (Phi) is 11.7. The van der Waals surface area contributed by atoms with E-state index in [1.807, 2.05) is 42.5 Å².